The number of carbonyl (C=O) groups is 1. The van der Waals surface area contributed by atoms with Crippen LogP contribution in [0.2, 0.25) is 0 Å². The molecule has 0 aliphatic carbocycles. The molecule has 2 unspecified atom stereocenters. The van der Waals surface area contributed by atoms with E-state index in [0.717, 1.165) is 19.3 Å². The van der Waals surface area contributed by atoms with Gasteiger partial charge in [0.25, 0.3) is 0 Å². The molecule has 0 aliphatic rings. The lowest BCUT2D eigenvalue weighted by atomic mass is 9.93. The topological polar surface area (TPSA) is 57.5 Å². The van der Waals surface area contributed by atoms with Crippen LogP contribution in [0.1, 0.15) is 40.0 Å². The number of aliphatic hydroxyl groups is 1. The molecule has 2 atom stereocenters. The van der Waals surface area contributed by atoms with Gasteiger partial charge in [-0.3, -0.25) is 4.79 Å². The second-order valence-electron chi connectivity index (χ2n) is 3.69. The van der Waals surface area contributed by atoms with Gasteiger partial charge in [-0.1, -0.05) is 27.2 Å². The van der Waals surface area contributed by atoms with E-state index < -0.39 is 11.9 Å². The summed E-state index contributed by atoms with van der Waals surface area (Å²) in [5, 5.41) is 18.3. The third-order valence-electron chi connectivity index (χ3n) is 2.52. The first-order valence-electron chi connectivity index (χ1n) is 5.12. The summed E-state index contributed by atoms with van der Waals surface area (Å²) in [4.78, 5) is 10.6. The SMILES string of the molecule is CCCC/C=C(\O)C(C)C(C)C(=O)O. The Morgan fingerprint density at radius 3 is 2.29 bits per heavy atom. The van der Waals surface area contributed by atoms with Crippen molar-refractivity contribution in [3.8, 4) is 0 Å². The highest BCUT2D eigenvalue weighted by Gasteiger charge is 2.22. The van der Waals surface area contributed by atoms with Gasteiger partial charge in [-0.25, -0.2) is 0 Å². The highest BCUT2D eigenvalue weighted by Crippen LogP contribution is 2.19. The van der Waals surface area contributed by atoms with E-state index in [1.165, 1.54) is 0 Å². The van der Waals surface area contributed by atoms with Gasteiger partial charge in [-0.05, 0) is 18.9 Å². The highest BCUT2D eigenvalue weighted by molar-refractivity contribution is 5.70. The molecule has 3 heteroatoms. The molecule has 14 heavy (non-hydrogen) atoms. The van der Waals surface area contributed by atoms with Crippen LogP contribution in [0.15, 0.2) is 11.8 Å². The van der Waals surface area contributed by atoms with Crippen LogP contribution in [0.25, 0.3) is 0 Å². The van der Waals surface area contributed by atoms with Crippen molar-refractivity contribution >= 4 is 5.97 Å². The van der Waals surface area contributed by atoms with Crippen LogP contribution in [-0.2, 0) is 4.79 Å². The Kier molecular flexibility index (Phi) is 6.00. The largest absolute Gasteiger partial charge is 0.512 e. The summed E-state index contributed by atoms with van der Waals surface area (Å²) in [6, 6.07) is 0. The molecule has 0 radical (unpaired) electrons. The molecule has 82 valence electrons. The molecule has 0 aliphatic heterocycles. The number of aliphatic hydroxyl groups excluding tert-OH is 1. The lowest BCUT2D eigenvalue weighted by Gasteiger charge is -2.15. The predicted octanol–water partition coefficient (Wildman–Crippen LogP) is 2.98. The van der Waals surface area contributed by atoms with E-state index in [-0.39, 0.29) is 11.7 Å². The van der Waals surface area contributed by atoms with E-state index in [1.807, 2.05) is 0 Å². The maximum atomic E-state index is 10.6. The van der Waals surface area contributed by atoms with Crippen molar-refractivity contribution in [3.05, 3.63) is 11.8 Å². The Morgan fingerprint density at radius 2 is 1.86 bits per heavy atom. The third-order valence-corrected chi connectivity index (χ3v) is 2.52. The van der Waals surface area contributed by atoms with E-state index in [0.29, 0.717) is 0 Å². The summed E-state index contributed by atoms with van der Waals surface area (Å²) in [6.07, 6.45) is 4.65. The van der Waals surface area contributed by atoms with E-state index >= 15 is 0 Å². The summed E-state index contributed by atoms with van der Waals surface area (Å²) >= 11 is 0. The van der Waals surface area contributed by atoms with Gasteiger partial charge >= 0.3 is 5.97 Å². The molecule has 2 N–H and O–H groups in total. The lowest BCUT2D eigenvalue weighted by Crippen LogP contribution is -2.19. The molecule has 0 fully saturated rings. The molecular weight excluding hydrogens is 180 g/mol. The smallest absolute Gasteiger partial charge is 0.306 e. The van der Waals surface area contributed by atoms with Gasteiger partial charge in [-0.15, -0.1) is 0 Å². The van der Waals surface area contributed by atoms with Gasteiger partial charge in [0.1, 0.15) is 0 Å². The van der Waals surface area contributed by atoms with Crippen LogP contribution in [0.5, 0.6) is 0 Å². The van der Waals surface area contributed by atoms with Crippen molar-refractivity contribution in [1.82, 2.24) is 0 Å². The van der Waals surface area contributed by atoms with Gasteiger partial charge in [-0.2, -0.15) is 0 Å². The van der Waals surface area contributed by atoms with Gasteiger partial charge < -0.3 is 10.2 Å². The number of unbranched alkanes of at least 4 members (excludes halogenated alkanes) is 2. The third kappa shape index (κ3) is 4.30. The van der Waals surface area contributed by atoms with Crippen LogP contribution < -0.4 is 0 Å². The first-order chi connectivity index (χ1) is 6.50. The molecule has 0 saturated carbocycles. The van der Waals surface area contributed by atoms with E-state index in [2.05, 4.69) is 6.92 Å². The van der Waals surface area contributed by atoms with Gasteiger partial charge in [0.15, 0.2) is 0 Å². The average Bonchev–Trinajstić information content (AvgIpc) is 2.15. The van der Waals surface area contributed by atoms with Crippen molar-refractivity contribution in [2.24, 2.45) is 11.8 Å². The Bertz CT molecular complexity index is 209. The molecule has 0 spiro atoms. The quantitative estimate of drug-likeness (QED) is 0.512. The van der Waals surface area contributed by atoms with Crippen molar-refractivity contribution < 1.29 is 15.0 Å². The maximum absolute atomic E-state index is 10.6. The van der Waals surface area contributed by atoms with Crippen molar-refractivity contribution in [2.45, 2.75) is 40.0 Å². The standard InChI is InChI=1S/C11H20O3/c1-4-5-6-7-10(12)8(2)9(3)11(13)14/h7-9,12H,4-6H2,1-3H3,(H,13,14)/b10-7-. The number of allylic oxidation sites excluding steroid dienone is 2. The summed E-state index contributed by atoms with van der Waals surface area (Å²) in [7, 11) is 0. The maximum Gasteiger partial charge on any atom is 0.306 e. The van der Waals surface area contributed by atoms with E-state index in [4.69, 9.17) is 5.11 Å². The van der Waals surface area contributed by atoms with Crippen molar-refractivity contribution in [2.75, 3.05) is 0 Å². The lowest BCUT2D eigenvalue weighted by molar-refractivity contribution is -0.142. The summed E-state index contributed by atoms with van der Waals surface area (Å²) in [5.41, 5.74) is 0. The molecule has 0 bridgehead atoms. The summed E-state index contributed by atoms with van der Waals surface area (Å²) < 4.78 is 0. The summed E-state index contributed by atoms with van der Waals surface area (Å²) in [5.74, 6) is -1.50. The minimum Gasteiger partial charge on any atom is -0.512 e. The fourth-order valence-electron chi connectivity index (χ4n) is 1.11. The van der Waals surface area contributed by atoms with Gasteiger partial charge in [0.05, 0.1) is 11.7 Å². The Hall–Kier alpha value is -0.990. The van der Waals surface area contributed by atoms with Crippen molar-refractivity contribution in [1.29, 1.82) is 0 Å². The number of rotatable bonds is 6. The zero-order valence-corrected chi connectivity index (χ0v) is 9.16. The number of hydrogen-bond acceptors (Lipinski definition) is 2. The first-order valence-corrected chi connectivity index (χ1v) is 5.12. The minimum absolute atomic E-state index is 0.202. The molecule has 0 aromatic carbocycles. The molecule has 0 aromatic heterocycles. The predicted molar refractivity (Wildman–Crippen MR) is 56.2 cm³/mol. The molecule has 0 aromatic rings. The number of carboxylic acids is 1. The summed E-state index contributed by atoms with van der Waals surface area (Å²) in [6.45, 7) is 5.42. The van der Waals surface area contributed by atoms with Crippen LogP contribution >= 0.6 is 0 Å². The van der Waals surface area contributed by atoms with E-state index in [1.54, 1.807) is 19.9 Å². The second-order valence-corrected chi connectivity index (χ2v) is 3.69. The zero-order valence-electron chi connectivity index (χ0n) is 9.16. The second kappa shape index (κ2) is 6.46. The molecule has 0 amide bonds. The van der Waals surface area contributed by atoms with Crippen molar-refractivity contribution in [3.63, 3.8) is 0 Å². The number of hydrogen-bond donors (Lipinski definition) is 2. The molecule has 0 heterocycles. The van der Waals surface area contributed by atoms with Gasteiger partial charge in [0, 0.05) is 5.92 Å². The normalized spacial score (nSPS) is 16.4. The van der Waals surface area contributed by atoms with Crippen LogP contribution in [0, 0.1) is 11.8 Å². The number of carboxylic acid groups (broad SMARTS) is 1. The fraction of sp³-hybridized carbons (Fsp3) is 0.727. The monoisotopic (exact) mass is 200 g/mol. The van der Waals surface area contributed by atoms with Crippen LogP contribution in [0.3, 0.4) is 0 Å². The zero-order chi connectivity index (χ0) is 11.1. The van der Waals surface area contributed by atoms with Crippen LogP contribution in [-0.4, -0.2) is 16.2 Å². The first kappa shape index (κ1) is 13.0. The molecule has 0 saturated heterocycles. The molecule has 0 rings (SSSR count). The average molecular weight is 200 g/mol. The minimum atomic E-state index is -0.868. The van der Waals surface area contributed by atoms with Crippen LogP contribution in [0.4, 0.5) is 0 Å². The Balaban J connectivity index is 4.15. The molecular formula is C11H20O3. The fourth-order valence-corrected chi connectivity index (χ4v) is 1.11. The highest BCUT2D eigenvalue weighted by atomic mass is 16.4. The Morgan fingerprint density at radius 1 is 1.29 bits per heavy atom. The van der Waals surface area contributed by atoms with E-state index in [9.17, 15) is 9.90 Å². The Labute approximate surface area is 85.4 Å². The van der Waals surface area contributed by atoms with Gasteiger partial charge in [0.2, 0.25) is 0 Å². The molecule has 3 nitrogen and oxygen atoms in total. The number of aliphatic carboxylic acids is 1.